The molecule has 1 aliphatic heterocycles. The van der Waals surface area contributed by atoms with Gasteiger partial charge in [0.05, 0.1) is 12.9 Å². The Hall–Kier alpha value is -2.39. The Morgan fingerprint density at radius 1 is 1.11 bits per heavy atom. The highest BCUT2D eigenvalue weighted by molar-refractivity contribution is 7.85. The zero-order valence-electron chi connectivity index (χ0n) is 22.2. The SMILES string of the molecule is CCCCCCCCCCC(C)(C)C(=O)NS(=O)(=O)OC[C@H]1O[C@@H](n2cnc3c(N)ncnc32)[C@H](O)[C@@H]1O. The number of hydrogen-bond donors (Lipinski definition) is 4. The molecule has 5 N–H and O–H groups in total. The molecule has 14 heteroatoms. The summed E-state index contributed by atoms with van der Waals surface area (Å²) in [5.41, 5.74) is 5.44. The third-order valence-electron chi connectivity index (χ3n) is 6.87. The van der Waals surface area contributed by atoms with Gasteiger partial charge in [-0.1, -0.05) is 72.1 Å². The van der Waals surface area contributed by atoms with Gasteiger partial charge in [0, 0.05) is 5.41 Å². The summed E-state index contributed by atoms with van der Waals surface area (Å²) in [4.78, 5) is 24.7. The average molecular weight is 557 g/mol. The van der Waals surface area contributed by atoms with Crippen LogP contribution >= 0.6 is 0 Å². The van der Waals surface area contributed by atoms with Crippen molar-refractivity contribution in [2.24, 2.45) is 5.41 Å². The fraction of sp³-hybridized carbons (Fsp3) is 0.750. The number of amides is 1. The lowest BCUT2D eigenvalue weighted by molar-refractivity contribution is -0.128. The van der Waals surface area contributed by atoms with Crippen LogP contribution in [0.4, 0.5) is 5.82 Å². The molecular formula is C24H40N6O7S. The van der Waals surface area contributed by atoms with Crippen molar-refractivity contribution in [2.75, 3.05) is 12.3 Å². The minimum absolute atomic E-state index is 0.133. The zero-order chi connectivity index (χ0) is 27.9. The van der Waals surface area contributed by atoms with Crippen LogP contribution < -0.4 is 10.5 Å². The molecule has 38 heavy (non-hydrogen) atoms. The van der Waals surface area contributed by atoms with Gasteiger partial charge in [0.2, 0.25) is 5.91 Å². The number of imidazole rings is 1. The number of aliphatic hydroxyl groups excluding tert-OH is 2. The quantitative estimate of drug-likeness (QED) is 0.234. The summed E-state index contributed by atoms with van der Waals surface area (Å²) in [6.07, 6.45) is 6.83. The lowest BCUT2D eigenvalue weighted by atomic mass is 9.86. The molecule has 0 aromatic carbocycles. The Balaban J connectivity index is 1.48. The van der Waals surface area contributed by atoms with Crippen molar-refractivity contribution in [3.05, 3.63) is 12.7 Å². The van der Waals surface area contributed by atoms with Gasteiger partial charge in [0.25, 0.3) is 0 Å². The van der Waals surface area contributed by atoms with Crippen LogP contribution in [0.2, 0.25) is 0 Å². The van der Waals surface area contributed by atoms with Gasteiger partial charge in [-0.15, -0.1) is 0 Å². The standard InChI is InChI=1S/C24H40N6O7S/c1-4-5-6-7-8-9-10-11-12-24(2,3)23(33)29-38(34,35)36-13-16-18(31)19(32)22(37-16)30-15-28-17-20(25)26-14-27-21(17)30/h14-16,18-19,22,31-32H,4-13H2,1-3H3,(H,29,33)(H2,25,26,27)/t16-,18-,19-,22-/m1/s1. The molecule has 0 saturated carbocycles. The van der Waals surface area contributed by atoms with E-state index in [4.69, 9.17) is 14.7 Å². The van der Waals surface area contributed by atoms with Crippen LogP contribution in [0.1, 0.15) is 84.8 Å². The number of nitrogen functional groups attached to an aromatic ring is 1. The highest BCUT2D eigenvalue weighted by Crippen LogP contribution is 2.32. The topological polar surface area (TPSA) is 192 Å². The highest BCUT2D eigenvalue weighted by atomic mass is 32.2. The molecule has 0 aliphatic carbocycles. The Bertz CT molecular complexity index is 1170. The number of carbonyl (C=O) groups excluding carboxylic acids is 1. The number of fused-ring (bicyclic) bond motifs is 1. The van der Waals surface area contributed by atoms with Gasteiger partial charge < -0.3 is 20.7 Å². The normalized spacial score (nSPS) is 22.2. The Labute approximate surface area is 223 Å². The summed E-state index contributed by atoms with van der Waals surface area (Å²) in [5.74, 6) is -0.540. The molecule has 2 aromatic rings. The van der Waals surface area contributed by atoms with Crippen LogP contribution in [0.15, 0.2) is 12.7 Å². The van der Waals surface area contributed by atoms with Gasteiger partial charge in [-0.05, 0) is 6.42 Å². The number of rotatable bonds is 15. The molecule has 0 spiro atoms. The van der Waals surface area contributed by atoms with E-state index < -0.39 is 52.8 Å². The second-order valence-corrected chi connectivity index (χ2v) is 11.8. The number of anilines is 1. The Morgan fingerprint density at radius 3 is 2.45 bits per heavy atom. The Morgan fingerprint density at radius 2 is 1.76 bits per heavy atom. The second kappa shape index (κ2) is 13.1. The molecule has 1 amide bonds. The Kier molecular flexibility index (Phi) is 10.4. The number of nitrogens with two attached hydrogens (primary N) is 1. The largest absolute Gasteiger partial charge is 0.387 e. The average Bonchev–Trinajstić information content (AvgIpc) is 3.41. The first-order valence-electron chi connectivity index (χ1n) is 13.1. The molecule has 13 nitrogen and oxygen atoms in total. The first-order chi connectivity index (χ1) is 18.0. The van der Waals surface area contributed by atoms with Gasteiger partial charge in [-0.25, -0.2) is 19.7 Å². The van der Waals surface area contributed by atoms with Crippen LogP contribution in [-0.4, -0.2) is 69.0 Å². The molecule has 3 rings (SSSR count). The van der Waals surface area contributed by atoms with E-state index >= 15 is 0 Å². The second-order valence-electron chi connectivity index (χ2n) is 10.4. The summed E-state index contributed by atoms with van der Waals surface area (Å²) in [6, 6.07) is 0. The van der Waals surface area contributed by atoms with Gasteiger partial charge in [0.15, 0.2) is 17.7 Å². The number of nitrogens with zero attached hydrogens (tertiary/aromatic N) is 4. The van der Waals surface area contributed by atoms with Gasteiger partial charge in [-0.2, -0.15) is 8.42 Å². The maximum Gasteiger partial charge on any atom is 0.362 e. The lowest BCUT2D eigenvalue weighted by Gasteiger charge is -2.23. The molecule has 1 saturated heterocycles. The van der Waals surface area contributed by atoms with Crippen molar-refractivity contribution < 1.29 is 32.3 Å². The van der Waals surface area contributed by atoms with Crippen molar-refractivity contribution in [1.82, 2.24) is 24.2 Å². The lowest BCUT2D eigenvalue weighted by Crippen LogP contribution is -2.42. The molecule has 4 atom stereocenters. The molecular weight excluding hydrogens is 516 g/mol. The number of carbonyl (C=O) groups is 1. The van der Waals surface area contributed by atoms with E-state index in [-0.39, 0.29) is 17.0 Å². The van der Waals surface area contributed by atoms with Crippen LogP contribution in [0.3, 0.4) is 0 Å². The van der Waals surface area contributed by atoms with E-state index in [0.29, 0.717) is 6.42 Å². The van der Waals surface area contributed by atoms with Crippen molar-refractivity contribution in [3.63, 3.8) is 0 Å². The van der Waals surface area contributed by atoms with Crippen LogP contribution in [0, 0.1) is 5.41 Å². The first kappa shape index (κ1) is 30.2. The minimum Gasteiger partial charge on any atom is -0.387 e. The van der Waals surface area contributed by atoms with Crippen molar-refractivity contribution >= 4 is 33.2 Å². The van der Waals surface area contributed by atoms with E-state index in [9.17, 15) is 23.4 Å². The van der Waals surface area contributed by atoms with E-state index in [1.807, 2.05) is 4.72 Å². The zero-order valence-corrected chi connectivity index (χ0v) is 23.1. The third-order valence-corrected chi connectivity index (χ3v) is 7.76. The van der Waals surface area contributed by atoms with E-state index in [2.05, 4.69) is 21.9 Å². The first-order valence-corrected chi connectivity index (χ1v) is 14.5. The summed E-state index contributed by atoms with van der Waals surface area (Å²) in [5, 5.41) is 20.9. The van der Waals surface area contributed by atoms with Crippen molar-refractivity contribution in [1.29, 1.82) is 0 Å². The van der Waals surface area contributed by atoms with E-state index in [1.165, 1.54) is 49.3 Å². The highest BCUT2D eigenvalue weighted by Gasteiger charge is 2.45. The van der Waals surface area contributed by atoms with Crippen molar-refractivity contribution in [3.8, 4) is 0 Å². The fourth-order valence-electron chi connectivity index (χ4n) is 4.41. The summed E-state index contributed by atoms with van der Waals surface area (Å²) < 4.78 is 38.8. The third kappa shape index (κ3) is 7.59. The van der Waals surface area contributed by atoms with Gasteiger partial charge in [-0.3, -0.25) is 13.5 Å². The van der Waals surface area contributed by atoms with E-state index in [1.54, 1.807) is 13.8 Å². The maximum atomic E-state index is 12.7. The number of ether oxygens (including phenoxy) is 1. The van der Waals surface area contributed by atoms with Crippen LogP contribution in [0.5, 0.6) is 0 Å². The number of aromatic nitrogens is 4. The van der Waals surface area contributed by atoms with Crippen LogP contribution in [-0.2, 0) is 24.0 Å². The molecule has 0 unspecified atom stereocenters. The molecule has 2 aromatic heterocycles. The molecule has 214 valence electrons. The fourth-order valence-corrected chi connectivity index (χ4v) is 5.28. The predicted molar refractivity (Wildman–Crippen MR) is 140 cm³/mol. The summed E-state index contributed by atoms with van der Waals surface area (Å²) in [6.45, 7) is 4.94. The monoisotopic (exact) mass is 556 g/mol. The number of nitrogens with one attached hydrogen (secondary N) is 1. The van der Waals surface area contributed by atoms with Crippen molar-refractivity contribution in [2.45, 2.75) is 103 Å². The van der Waals surface area contributed by atoms with Crippen LogP contribution in [0.25, 0.3) is 11.2 Å². The predicted octanol–water partition coefficient (Wildman–Crippen LogP) is 1.96. The molecule has 1 aliphatic rings. The smallest absolute Gasteiger partial charge is 0.362 e. The van der Waals surface area contributed by atoms with Gasteiger partial charge in [0.1, 0.15) is 30.2 Å². The molecule has 1 fully saturated rings. The number of hydrogen-bond acceptors (Lipinski definition) is 11. The summed E-state index contributed by atoms with van der Waals surface area (Å²) in [7, 11) is -4.48. The number of aliphatic hydroxyl groups is 2. The molecule has 0 radical (unpaired) electrons. The maximum absolute atomic E-state index is 12.7. The minimum atomic E-state index is -4.48. The summed E-state index contributed by atoms with van der Waals surface area (Å²) >= 11 is 0. The van der Waals surface area contributed by atoms with E-state index in [0.717, 1.165) is 19.3 Å². The number of unbranched alkanes of at least 4 members (excludes halogenated alkanes) is 7. The van der Waals surface area contributed by atoms with Gasteiger partial charge >= 0.3 is 10.3 Å². The molecule has 3 heterocycles. The molecule has 0 bridgehead atoms.